The molecule has 3 rings (SSSR count). The first-order valence-corrected chi connectivity index (χ1v) is 10.1. The molecule has 2 aromatic rings. The maximum Gasteiger partial charge on any atom is 0.226 e. The van der Waals surface area contributed by atoms with Crippen LogP contribution in [0.1, 0.15) is 38.7 Å². The first-order chi connectivity index (χ1) is 13.1. The zero-order valence-electron chi connectivity index (χ0n) is 16.5. The molecule has 1 aliphatic rings. The highest BCUT2D eigenvalue weighted by Gasteiger charge is 2.15. The predicted octanol–water partition coefficient (Wildman–Crippen LogP) is 4.93. The van der Waals surface area contributed by atoms with Crippen molar-refractivity contribution in [3.63, 3.8) is 0 Å². The average Bonchev–Trinajstić information content (AvgIpc) is 2.70. The standard InChI is InChI=1S/C23H31N3O/c1-3-19-4-6-21(7-5-19)25-23(27)12-15-24-20-8-10-22(11-9-20)26-16-13-18(2)14-17-26/h4-11,18,24H,3,12-17H2,1-2H3,(H,25,27). The Bertz CT molecular complexity index is 716. The van der Waals surface area contributed by atoms with Gasteiger partial charge in [-0.2, -0.15) is 0 Å². The van der Waals surface area contributed by atoms with Gasteiger partial charge in [-0.05, 0) is 67.1 Å². The van der Waals surface area contributed by atoms with Crippen molar-refractivity contribution in [3.8, 4) is 0 Å². The summed E-state index contributed by atoms with van der Waals surface area (Å²) < 4.78 is 0. The molecule has 1 heterocycles. The monoisotopic (exact) mass is 365 g/mol. The molecular weight excluding hydrogens is 334 g/mol. The number of amides is 1. The lowest BCUT2D eigenvalue weighted by Gasteiger charge is -2.32. The van der Waals surface area contributed by atoms with Gasteiger partial charge in [0.15, 0.2) is 0 Å². The Morgan fingerprint density at radius 3 is 2.26 bits per heavy atom. The lowest BCUT2D eigenvalue weighted by molar-refractivity contribution is -0.115. The SMILES string of the molecule is CCc1ccc(NC(=O)CCNc2ccc(N3CCC(C)CC3)cc2)cc1. The van der Waals surface area contributed by atoms with Crippen LogP contribution in [0, 0.1) is 5.92 Å². The molecule has 1 aliphatic heterocycles. The highest BCUT2D eigenvalue weighted by molar-refractivity contribution is 5.91. The molecule has 4 nitrogen and oxygen atoms in total. The Morgan fingerprint density at radius 1 is 1.00 bits per heavy atom. The number of rotatable bonds is 7. The third-order valence-corrected chi connectivity index (χ3v) is 5.34. The summed E-state index contributed by atoms with van der Waals surface area (Å²) in [6.45, 7) is 7.37. The Kier molecular flexibility index (Phi) is 6.74. The zero-order valence-corrected chi connectivity index (χ0v) is 16.5. The number of hydrogen-bond acceptors (Lipinski definition) is 3. The van der Waals surface area contributed by atoms with E-state index in [1.165, 1.54) is 24.1 Å². The normalized spacial score (nSPS) is 14.8. The van der Waals surface area contributed by atoms with Gasteiger partial charge in [0.25, 0.3) is 0 Å². The lowest BCUT2D eigenvalue weighted by atomic mass is 9.99. The van der Waals surface area contributed by atoms with Crippen molar-refractivity contribution < 1.29 is 4.79 Å². The number of anilines is 3. The predicted molar refractivity (Wildman–Crippen MR) is 115 cm³/mol. The third-order valence-electron chi connectivity index (χ3n) is 5.34. The van der Waals surface area contributed by atoms with Gasteiger partial charge >= 0.3 is 0 Å². The molecule has 2 N–H and O–H groups in total. The number of carbonyl (C=O) groups is 1. The number of carbonyl (C=O) groups excluding carboxylic acids is 1. The number of aryl methyl sites for hydroxylation is 1. The van der Waals surface area contributed by atoms with Crippen LogP contribution in [0.3, 0.4) is 0 Å². The summed E-state index contributed by atoms with van der Waals surface area (Å²) in [6.07, 6.45) is 4.00. The molecule has 4 heteroatoms. The van der Waals surface area contributed by atoms with Gasteiger partial charge in [0.05, 0.1) is 0 Å². The van der Waals surface area contributed by atoms with Crippen LogP contribution in [0.15, 0.2) is 48.5 Å². The molecule has 0 saturated carbocycles. The maximum atomic E-state index is 12.1. The van der Waals surface area contributed by atoms with Gasteiger partial charge in [0.2, 0.25) is 5.91 Å². The van der Waals surface area contributed by atoms with E-state index in [4.69, 9.17) is 0 Å². The van der Waals surface area contributed by atoms with Gasteiger partial charge in [0, 0.05) is 43.1 Å². The number of hydrogen-bond donors (Lipinski definition) is 2. The van der Waals surface area contributed by atoms with E-state index in [1.807, 2.05) is 12.1 Å². The summed E-state index contributed by atoms with van der Waals surface area (Å²) in [5.74, 6) is 0.878. The highest BCUT2D eigenvalue weighted by atomic mass is 16.1. The van der Waals surface area contributed by atoms with E-state index >= 15 is 0 Å². The summed E-state index contributed by atoms with van der Waals surface area (Å²) in [4.78, 5) is 14.5. The Hall–Kier alpha value is -2.49. The third kappa shape index (κ3) is 5.75. The van der Waals surface area contributed by atoms with Gasteiger partial charge in [-0.1, -0.05) is 26.0 Å². The molecule has 0 unspecified atom stereocenters. The van der Waals surface area contributed by atoms with Crippen LogP contribution in [0.2, 0.25) is 0 Å². The molecule has 0 radical (unpaired) electrons. The average molecular weight is 366 g/mol. The number of piperidine rings is 1. The molecule has 0 atom stereocenters. The van der Waals surface area contributed by atoms with E-state index in [0.29, 0.717) is 13.0 Å². The van der Waals surface area contributed by atoms with Crippen molar-refractivity contribution in [2.75, 3.05) is 35.2 Å². The summed E-state index contributed by atoms with van der Waals surface area (Å²) in [5, 5.41) is 6.29. The summed E-state index contributed by atoms with van der Waals surface area (Å²) in [7, 11) is 0. The van der Waals surface area contributed by atoms with Crippen molar-refractivity contribution in [1.29, 1.82) is 0 Å². The fourth-order valence-corrected chi connectivity index (χ4v) is 3.42. The summed E-state index contributed by atoms with van der Waals surface area (Å²) in [6, 6.07) is 16.6. The van der Waals surface area contributed by atoms with E-state index in [-0.39, 0.29) is 5.91 Å². The van der Waals surface area contributed by atoms with Gasteiger partial charge in [0.1, 0.15) is 0 Å². The van der Waals surface area contributed by atoms with E-state index in [2.05, 4.69) is 65.8 Å². The molecule has 0 aliphatic carbocycles. The molecule has 0 aromatic heterocycles. The van der Waals surface area contributed by atoms with E-state index < -0.39 is 0 Å². The second kappa shape index (κ2) is 9.45. The summed E-state index contributed by atoms with van der Waals surface area (Å²) in [5.41, 5.74) is 4.49. The van der Waals surface area contributed by atoms with Crippen molar-refractivity contribution >= 4 is 23.0 Å². The van der Waals surface area contributed by atoms with Crippen LogP contribution in [-0.4, -0.2) is 25.5 Å². The number of benzene rings is 2. The van der Waals surface area contributed by atoms with Crippen molar-refractivity contribution in [1.82, 2.24) is 0 Å². The fourth-order valence-electron chi connectivity index (χ4n) is 3.42. The van der Waals surface area contributed by atoms with Gasteiger partial charge in [-0.3, -0.25) is 4.79 Å². The topological polar surface area (TPSA) is 44.4 Å². The quantitative estimate of drug-likeness (QED) is 0.731. The van der Waals surface area contributed by atoms with Crippen LogP contribution in [-0.2, 0) is 11.2 Å². The second-order valence-corrected chi connectivity index (χ2v) is 7.49. The lowest BCUT2D eigenvalue weighted by Crippen LogP contribution is -2.32. The molecule has 1 fully saturated rings. The van der Waals surface area contributed by atoms with Crippen LogP contribution in [0.5, 0.6) is 0 Å². The Balaban J connectivity index is 1.41. The molecule has 0 bridgehead atoms. The smallest absolute Gasteiger partial charge is 0.226 e. The fraction of sp³-hybridized carbons (Fsp3) is 0.435. The van der Waals surface area contributed by atoms with Gasteiger partial charge in [-0.15, -0.1) is 0 Å². The summed E-state index contributed by atoms with van der Waals surface area (Å²) >= 11 is 0. The highest BCUT2D eigenvalue weighted by Crippen LogP contribution is 2.24. The molecule has 1 saturated heterocycles. The molecule has 1 amide bonds. The maximum absolute atomic E-state index is 12.1. The molecule has 2 aromatic carbocycles. The number of nitrogens with zero attached hydrogens (tertiary/aromatic N) is 1. The van der Waals surface area contributed by atoms with Crippen molar-refractivity contribution in [3.05, 3.63) is 54.1 Å². The van der Waals surface area contributed by atoms with E-state index in [9.17, 15) is 4.79 Å². The molecule has 0 spiro atoms. The zero-order chi connectivity index (χ0) is 19.1. The van der Waals surface area contributed by atoms with Crippen molar-refractivity contribution in [2.24, 2.45) is 5.92 Å². The van der Waals surface area contributed by atoms with Crippen LogP contribution < -0.4 is 15.5 Å². The van der Waals surface area contributed by atoms with Crippen LogP contribution in [0.4, 0.5) is 17.1 Å². The number of nitrogens with one attached hydrogen (secondary N) is 2. The largest absolute Gasteiger partial charge is 0.385 e. The minimum absolute atomic E-state index is 0.0332. The molecule has 27 heavy (non-hydrogen) atoms. The molecular formula is C23H31N3O. The minimum atomic E-state index is 0.0332. The van der Waals surface area contributed by atoms with Gasteiger partial charge < -0.3 is 15.5 Å². The Morgan fingerprint density at radius 2 is 1.63 bits per heavy atom. The van der Waals surface area contributed by atoms with Crippen LogP contribution >= 0.6 is 0 Å². The van der Waals surface area contributed by atoms with Crippen LogP contribution in [0.25, 0.3) is 0 Å². The van der Waals surface area contributed by atoms with Crippen molar-refractivity contribution in [2.45, 2.75) is 39.5 Å². The van der Waals surface area contributed by atoms with Gasteiger partial charge in [-0.25, -0.2) is 0 Å². The van der Waals surface area contributed by atoms with E-state index in [0.717, 1.165) is 36.8 Å². The first-order valence-electron chi connectivity index (χ1n) is 10.1. The minimum Gasteiger partial charge on any atom is -0.385 e. The first kappa shape index (κ1) is 19.3. The second-order valence-electron chi connectivity index (χ2n) is 7.49. The van der Waals surface area contributed by atoms with E-state index in [1.54, 1.807) is 0 Å². The molecule has 144 valence electrons. The Labute approximate surface area is 163 Å².